The van der Waals surface area contributed by atoms with Crippen molar-refractivity contribution in [3.8, 4) is 0 Å². The van der Waals surface area contributed by atoms with Crippen LogP contribution in [0.25, 0.3) is 0 Å². The average molecular weight is 386 g/mol. The molecule has 5 aliphatic rings. The summed E-state index contributed by atoms with van der Waals surface area (Å²) in [6.07, 6.45) is 4.67. The third-order valence-corrected chi connectivity index (χ3v) is 9.75. The van der Waals surface area contributed by atoms with Crippen LogP contribution in [0.3, 0.4) is 0 Å². The monoisotopic (exact) mass is 385 g/mol. The van der Waals surface area contributed by atoms with E-state index < -0.39 is 0 Å². The lowest BCUT2D eigenvalue weighted by Gasteiger charge is -2.46. The molecule has 5 aliphatic carbocycles. The molecule has 1 N–H and O–H groups in total. The number of hydrogen-bond acceptors (Lipinski definition) is 1. The highest BCUT2D eigenvalue weighted by Crippen LogP contribution is 2.65. The topological polar surface area (TPSA) is 29.1 Å². The average Bonchev–Trinajstić information content (AvgIpc) is 3.07. The lowest BCUT2D eigenvalue weighted by molar-refractivity contribution is -0.128. The molecule has 4 atom stereocenters. The smallest absolute Gasteiger partial charge is 0.224 e. The largest absolute Gasteiger partial charge is 0.353 e. The molecular weight excluding hydrogens is 354 g/mol. The summed E-state index contributed by atoms with van der Waals surface area (Å²) in [5, 5.41) is 3.58. The van der Waals surface area contributed by atoms with Crippen LogP contribution in [0.15, 0.2) is 48.5 Å². The van der Waals surface area contributed by atoms with Gasteiger partial charge in [0.05, 0.1) is 0 Å². The summed E-state index contributed by atoms with van der Waals surface area (Å²) in [6, 6.07) is 18.0. The zero-order valence-electron chi connectivity index (χ0n) is 17.7. The van der Waals surface area contributed by atoms with Crippen LogP contribution >= 0.6 is 0 Å². The van der Waals surface area contributed by atoms with Gasteiger partial charge in [-0.2, -0.15) is 0 Å². The summed E-state index contributed by atoms with van der Waals surface area (Å²) in [5.41, 5.74) is 6.19. The van der Waals surface area contributed by atoms with E-state index in [1.54, 1.807) is 0 Å². The minimum atomic E-state index is 0.0515. The van der Waals surface area contributed by atoms with Crippen LogP contribution in [0.5, 0.6) is 0 Å². The first-order valence-electron chi connectivity index (χ1n) is 11.4. The number of hydrogen-bond donors (Lipinski definition) is 1. The van der Waals surface area contributed by atoms with Gasteiger partial charge in [0.2, 0.25) is 5.91 Å². The minimum absolute atomic E-state index is 0.0515. The predicted octanol–water partition coefficient (Wildman–Crippen LogP) is 5.61. The molecule has 2 aromatic carbocycles. The SMILES string of the molecule is CC1(C)[C@@H]2CC[C@]1(C)[C@@H](NC(=O)[C@@H]1CC3c4ccccc4C1c1ccccc13)C2. The van der Waals surface area contributed by atoms with Crippen molar-refractivity contribution >= 4 is 5.91 Å². The van der Waals surface area contributed by atoms with Gasteiger partial charge < -0.3 is 5.32 Å². The highest BCUT2D eigenvalue weighted by molar-refractivity contribution is 5.83. The molecule has 0 aliphatic heterocycles. The summed E-state index contributed by atoms with van der Waals surface area (Å²) >= 11 is 0. The Morgan fingerprint density at radius 2 is 1.48 bits per heavy atom. The molecule has 2 saturated carbocycles. The first-order valence-corrected chi connectivity index (χ1v) is 11.4. The van der Waals surface area contributed by atoms with Gasteiger partial charge in [0.15, 0.2) is 0 Å². The van der Waals surface area contributed by atoms with Gasteiger partial charge in [-0.05, 0) is 64.7 Å². The second kappa shape index (κ2) is 5.74. The number of amides is 1. The molecule has 2 nitrogen and oxygen atoms in total. The summed E-state index contributed by atoms with van der Waals surface area (Å²) < 4.78 is 0. The maximum atomic E-state index is 13.7. The Kier molecular flexibility index (Phi) is 3.51. The van der Waals surface area contributed by atoms with E-state index >= 15 is 0 Å². The van der Waals surface area contributed by atoms with Crippen LogP contribution in [0.1, 0.15) is 80.5 Å². The summed E-state index contributed by atoms with van der Waals surface area (Å²) in [7, 11) is 0. The second-order valence-electron chi connectivity index (χ2n) is 10.8. The molecule has 0 aromatic heterocycles. The fourth-order valence-corrected chi connectivity index (χ4v) is 7.59. The molecular formula is C27H31NO. The lowest BCUT2D eigenvalue weighted by Crippen LogP contribution is -2.50. The Hall–Kier alpha value is -2.09. The number of fused-ring (bicyclic) bond motifs is 3. The molecule has 0 unspecified atom stereocenters. The van der Waals surface area contributed by atoms with E-state index in [0.29, 0.717) is 23.3 Å². The Balaban J connectivity index is 1.34. The molecule has 2 heteroatoms. The first-order chi connectivity index (χ1) is 13.9. The van der Waals surface area contributed by atoms with E-state index in [-0.39, 0.29) is 17.3 Å². The minimum Gasteiger partial charge on any atom is -0.353 e. The van der Waals surface area contributed by atoms with Gasteiger partial charge in [0.1, 0.15) is 0 Å². The zero-order chi connectivity index (χ0) is 20.0. The van der Waals surface area contributed by atoms with E-state index in [1.165, 1.54) is 35.1 Å². The predicted molar refractivity (Wildman–Crippen MR) is 116 cm³/mol. The molecule has 1 amide bonds. The molecule has 4 bridgehead atoms. The van der Waals surface area contributed by atoms with Crippen LogP contribution in [0.2, 0.25) is 0 Å². The Morgan fingerprint density at radius 1 is 0.897 bits per heavy atom. The lowest BCUT2D eigenvalue weighted by atomic mass is 9.59. The Labute approximate surface area is 174 Å². The highest BCUT2D eigenvalue weighted by Gasteiger charge is 2.62. The molecule has 150 valence electrons. The van der Waals surface area contributed by atoms with Crippen LogP contribution in [-0.2, 0) is 4.79 Å². The van der Waals surface area contributed by atoms with E-state index in [2.05, 4.69) is 74.6 Å². The van der Waals surface area contributed by atoms with Crippen molar-refractivity contribution < 1.29 is 4.79 Å². The Bertz CT molecular complexity index is 960. The number of benzene rings is 2. The van der Waals surface area contributed by atoms with Crippen LogP contribution in [0, 0.1) is 22.7 Å². The molecule has 0 saturated heterocycles. The van der Waals surface area contributed by atoms with Gasteiger partial charge in [-0.15, -0.1) is 0 Å². The van der Waals surface area contributed by atoms with Crippen molar-refractivity contribution in [3.63, 3.8) is 0 Å². The van der Waals surface area contributed by atoms with Crippen molar-refractivity contribution in [2.24, 2.45) is 22.7 Å². The third kappa shape index (κ3) is 2.15. The number of carbonyl (C=O) groups is 1. The zero-order valence-corrected chi connectivity index (χ0v) is 17.7. The molecule has 2 aromatic rings. The standard InChI is InChI=1S/C27H31NO/c1-26(2)16-12-13-27(26,3)23(14-16)28-25(29)22-15-21-17-8-4-6-10-19(17)24(22)20-11-7-5-9-18(20)21/h4-11,16,21-24H,12-15H2,1-3H3,(H,28,29)/t16-,21?,22-,23+,24?,27-/m1/s1. The normalized spacial score (nSPS) is 37.8. The van der Waals surface area contributed by atoms with Gasteiger partial charge in [-0.1, -0.05) is 69.3 Å². The summed E-state index contributed by atoms with van der Waals surface area (Å²) in [6.45, 7) is 7.26. The van der Waals surface area contributed by atoms with Gasteiger partial charge >= 0.3 is 0 Å². The summed E-state index contributed by atoms with van der Waals surface area (Å²) in [5.74, 6) is 1.65. The van der Waals surface area contributed by atoms with Crippen molar-refractivity contribution in [1.29, 1.82) is 0 Å². The van der Waals surface area contributed by atoms with Gasteiger partial charge in [-0.3, -0.25) is 4.79 Å². The fourth-order valence-electron chi connectivity index (χ4n) is 7.59. The molecule has 7 rings (SSSR count). The van der Waals surface area contributed by atoms with Gasteiger partial charge in [-0.25, -0.2) is 0 Å². The van der Waals surface area contributed by atoms with Gasteiger partial charge in [0.25, 0.3) is 0 Å². The summed E-state index contributed by atoms with van der Waals surface area (Å²) in [4.78, 5) is 13.7. The van der Waals surface area contributed by atoms with Crippen LogP contribution in [0.4, 0.5) is 0 Å². The third-order valence-electron chi connectivity index (χ3n) is 9.75. The van der Waals surface area contributed by atoms with Crippen LogP contribution < -0.4 is 5.32 Å². The highest BCUT2D eigenvalue weighted by atomic mass is 16.2. The van der Waals surface area contributed by atoms with E-state index in [1.807, 2.05) is 0 Å². The molecule has 2 fully saturated rings. The quantitative estimate of drug-likeness (QED) is 0.715. The van der Waals surface area contributed by atoms with Crippen LogP contribution in [-0.4, -0.2) is 11.9 Å². The second-order valence-corrected chi connectivity index (χ2v) is 10.8. The van der Waals surface area contributed by atoms with Crippen molar-refractivity contribution in [2.75, 3.05) is 0 Å². The Morgan fingerprint density at radius 3 is 2.00 bits per heavy atom. The van der Waals surface area contributed by atoms with E-state index in [4.69, 9.17) is 0 Å². The molecule has 0 spiro atoms. The molecule has 29 heavy (non-hydrogen) atoms. The maximum Gasteiger partial charge on any atom is 0.224 e. The maximum absolute atomic E-state index is 13.7. The molecule has 0 radical (unpaired) electrons. The fraction of sp³-hybridized carbons (Fsp3) is 0.519. The van der Waals surface area contributed by atoms with Crippen molar-refractivity contribution in [2.45, 2.75) is 64.3 Å². The number of nitrogens with one attached hydrogen (secondary N) is 1. The number of rotatable bonds is 2. The first kappa shape index (κ1) is 17.7. The van der Waals surface area contributed by atoms with Crippen molar-refractivity contribution in [3.05, 3.63) is 70.8 Å². The number of carbonyl (C=O) groups excluding carboxylic acids is 1. The van der Waals surface area contributed by atoms with Gasteiger partial charge in [0, 0.05) is 23.8 Å². The molecule has 0 heterocycles. The van der Waals surface area contributed by atoms with E-state index in [9.17, 15) is 4.79 Å². The van der Waals surface area contributed by atoms with Crippen molar-refractivity contribution in [1.82, 2.24) is 5.32 Å². The van der Waals surface area contributed by atoms with E-state index in [0.717, 1.165) is 18.8 Å².